The molecular weight excluding hydrogens is 261 g/mol. The molecule has 1 rings (SSSR count). The largest absolute Gasteiger partial charge is 0.481 e. The highest BCUT2D eigenvalue weighted by Crippen LogP contribution is 2.28. The van der Waals surface area contributed by atoms with Crippen molar-refractivity contribution in [3.05, 3.63) is 33.8 Å². The van der Waals surface area contributed by atoms with Crippen molar-refractivity contribution in [1.82, 2.24) is 5.32 Å². The van der Waals surface area contributed by atoms with E-state index in [0.717, 1.165) is 5.56 Å². The standard InChI is InChI=1S/C12H15Cl2NO2/c1-12(2,15-6-5-11(16)17)8-3-4-9(13)10(14)7-8/h3-4,7,15H,5-6H2,1-2H3,(H,16,17). The zero-order valence-corrected chi connectivity index (χ0v) is 11.3. The molecule has 0 aliphatic carbocycles. The molecule has 0 saturated carbocycles. The van der Waals surface area contributed by atoms with Crippen LogP contribution in [0.2, 0.25) is 10.0 Å². The van der Waals surface area contributed by atoms with Crippen LogP contribution in [-0.4, -0.2) is 17.6 Å². The second-order valence-electron chi connectivity index (χ2n) is 4.32. The van der Waals surface area contributed by atoms with Gasteiger partial charge >= 0.3 is 5.97 Å². The molecule has 0 aliphatic rings. The summed E-state index contributed by atoms with van der Waals surface area (Å²) in [4.78, 5) is 10.4. The van der Waals surface area contributed by atoms with Gasteiger partial charge in [-0.1, -0.05) is 29.3 Å². The van der Waals surface area contributed by atoms with E-state index < -0.39 is 5.97 Å². The Hall–Kier alpha value is -0.770. The van der Waals surface area contributed by atoms with Crippen LogP contribution in [-0.2, 0) is 10.3 Å². The van der Waals surface area contributed by atoms with Gasteiger partial charge in [-0.25, -0.2) is 0 Å². The predicted molar refractivity (Wildman–Crippen MR) is 69.7 cm³/mol. The van der Waals surface area contributed by atoms with Gasteiger partial charge in [0.05, 0.1) is 16.5 Å². The van der Waals surface area contributed by atoms with Crippen LogP contribution >= 0.6 is 23.2 Å². The highest BCUT2D eigenvalue weighted by molar-refractivity contribution is 6.42. The third-order valence-corrected chi connectivity index (χ3v) is 3.29. The SMILES string of the molecule is CC(C)(NCCC(=O)O)c1ccc(Cl)c(Cl)c1. The summed E-state index contributed by atoms with van der Waals surface area (Å²) in [5, 5.41) is 12.8. The smallest absolute Gasteiger partial charge is 0.304 e. The monoisotopic (exact) mass is 275 g/mol. The lowest BCUT2D eigenvalue weighted by atomic mass is 9.94. The molecule has 0 unspecified atom stereocenters. The molecule has 5 heteroatoms. The average Bonchev–Trinajstić information content (AvgIpc) is 2.21. The number of carbonyl (C=O) groups is 1. The van der Waals surface area contributed by atoms with E-state index in [4.69, 9.17) is 28.3 Å². The maximum Gasteiger partial charge on any atom is 0.304 e. The summed E-state index contributed by atoms with van der Waals surface area (Å²) in [7, 11) is 0. The van der Waals surface area contributed by atoms with Gasteiger partial charge in [-0.3, -0.25) is 4.79 Å². The summed E-state index contributed by atoms with van der Waals surface area (Å²) in [5.41, 5.74) is 0.626. The molecule has 0 saturated heterocycles. The van der Waals surface area contributed by atoms with E-state index in [0.29, 0.717) is 16.6 Å². The van der Waals surface area contributed by atoms with Crippen LogP contribution in [0.4, 0.5) is 0 Å². The normalized spacial score (nSPS) is 11.5. The summed E-state index contributed by atoms with van der Waals surface area (Å²) < 4.78 is 0. The molecule has 0 atom stereocenters. The van der Waals surface area contributed by atoms with Crippen molar-refractivity contribution in [2.75, 3.05) is 6.54 Å². The summed E-state index contributed by atoms with van der Waals surface area (Å²) >= 11 is 11.8. The molecule has 0 fully saturated rings. The summed E-state index contributed by atoms with van der Waals surface area (Å²) in [6.45, 7) is 4.34. The Labute approximate surface area is 111 Å². The first kappa shape index (κ1) is 14.3. The maximum atomic E-state index is 10.4. The number of rotatable bonds is 5. The topological polar surface area (TPSA) is 49.3 Å². The third kappa shape index (κ3) is 4.19. The van der Waals surface area contributed by atoms with Gasteiger partial charge in [0, 0.05) is 12.1 Å². The van der Waals surface area contributed by atoms with Gasteiger partial charge in [0.25, 0.3) is 0 Å². The molecule has 2 N–H and O–H groups in total. The first-order chi connectivity index (χ1) is 7.83. The maximum absolute atomic E-state index is 10.4. The molecule has 3 nitrogen and oxygen atoms in total. The van der Waals surface area contributed by atoms with Crippen LogP contribution in [0, 0.1) is 0 Å². The zero-order valence-electron chi connectivity index (χ0n) is 9.76. The van der Waals surface area contributed by atoms with Gasteiger partial charge in [-0.2, -0.15) is 0 Å². The van der Waals surface area contributed by atoms with Gasteiger partial charge < -0.3 is 10.4 Å². The molecule has 0 aromatic heterocycles. The minimum atomic E-state index is -0.817. The number of aliphatic carboxylic acids is 1. The van der Waals surface area contributed by atoms with Crippen molar-refractivity contribution in [3.63, 3.8) is 0 Å². The van der Waals surface area contributed by atoms with Crippen molar-refractivity contribution in [3.8, 4) is 0 Å². The second-order valence-corrected chi connectivity index (χ2v) is 5.14. The fraction of sp³-hybridized carbons (Fsp3) is 0.417. The molecule has 94 valence electrons. The Balaban J connectivity index is 2.74. The minimum absolute atomic E-state index is 0.0880. The number of carboxylic acid groups (broad SMARTS) is 1. The molecule has 1 aromatic carbocycles. The van der Waals surface area contributed by atoms with Crippen LogP contribution in [0.15, 0.2) is 18.2 Å². The van der Waals surface area contributed by atoms with E-state index in [1.165, 1.54) is 0 Å². The Morgan fingerprint density at radius 2 is 2.00 bits per heavy atom. The lowest BCUT2D eigenvalue weighted by Crippen LogP contribution is -2.37. The Kier molecular flexibility index (Phi) is 4.80. The van der Waals surface area contributed by atoms with Crippen molar-refractivity contribution in [1.29, 1.82) is 0 Å². The van der Waals surface area contributed by atoms with E-state index in [1.54, 1.807) is 12.1 Å². The van der Waals surface area contributed by atoms with Crippen molar-refractivity contribution >= 4 is 29.2 Å². The summed E-state index contributed by atoms with van der Waals surface area (Å²) in [6.07, 6.45) is 0.0880. The summed E-state index contributed by atoms with van der Waals surface area (Å²) in [6, 6.07) is 5.40. The third-order valence-electron chi connectivity index (χ3n) is 2.55. The Morgan fingerprint density at radius 3 is 2.53 bits per heavy atom. The van der Waals surface area contributed by atoms with E-state index >= 15 is 0 Å². The van der Waals surface area contributed by atoms with Crippen LogP contribution in [0.1, 0.15) is 25.8 Å². The van der Waals surface area contributed by atoms with E-state index in [1.807, 2.05) is 19.9 Å². The molecule has 0 spiro atoms. The highest BCUT2D eigenvalue weighted by atomic mass is 35.5. The van der Waals surface area contributed by atoms with E-state index in [9.17, 15) is 4.79 Å². The summed E-state index contributed by atoms with van der Waals surface area (Å²) in [5.74, 6) is -0.817. The average molecular weight is 276 g/mol. The minimum Gasteiger partial charge on any atom is -0.481 e. The Bertz CT molecular complexity index is 419. The quantitative estimate of drug-likeness (QED) is 0.867. The Morgan fingerprint density at radius 1 is 1.35 bits per heavy atom. The molecule has 0 heterocycles. The van der Waals surface area contributed by atoms with Crippen molar-refractivity contribution < 1.29 is 9.90 Å². The van der Waals surface area contributed by atoms with Gasteiger partial charge in [-0.15, -0.1) is 0 Å². The van der Waals surface area contributed by atoms with Crippen molar-refractivity contribution in [2.24, 2.45) is 0 Å². The predicted octanol–water partition coefficient (Wildman–Crippen LogP) is 3.29. The van der Waals surface area contributed by atoms with Gasteiger partial charge in [0.15, 0.2) is 0 Å². The molecule has 0 aliphatic heterocycles. The van der Waals surface area contributed by atoms with Crippen LogP contribution in [0.5, 0.6) is 0 Å². The first-order valence-electron chi connectivity index (χ1n) is 5.25. The molecule has 0 amide bonds. The number of benzene rings is 1. The molecule has 0 bridgehead atoms. The van der Waals surface area contributed by atoms with Crippen LogP contribution in [0.25, 0.3) is 0 Å². The lowest BCUT2D eigenvalue weighted by Gasteiger charge is -2.27. The number of carboxylic acids is 1. The van der Waals surface area contributed by atoms with Gasteiger partial charge in [-0.05, 0) is 31.5 Å². The number of nitrogens with one attached hydrogen (secondary N) is 1. The fourth-order valence-electron chi connectivity index (χ4n) is 1.47. The fourth-order valence-corrected chi connectivity index (χ4v) is 1.77. The molecule has 17 heavy (non-hydrogen) atoms. The molecule has 1 aromatic rings. The lowest BCUT2D eigenvalue weighted by molar-refractivity contribution is -0.136. The second kappa shape index (κ2) is 5.71. The first-order valence-corrected chi connectivity index (χ1v) is 6.01. The van der Waals surface area contributed by atoms with Crippen molar-refractivity contribution in [2.45, 2.75) is 25.8 Å². The molecule has 0 radical (unpaired) electrons. The molecular formula is C12H15Cl2NO2. The zero-order chi connectivity index (χ0) is 13.1. The highest BCUT2D eigenvalue weighted by Gasteiger charge is 2.20. The van der Waals surface area contributed by atoms with Gasteiger partial charge in [0.1, 0.15) is 0 Å². The van der Waals surface area contributed by atoms with Crippen LogP contribution < -0.4 is 5.32 Å². The number of hydrogen-bond donors (Lipinski definition) is 2. The van der Waals surface area contributed by atoms with Crippen LogP contribution in [0.3, 0.4) is 0 Å². The van der Waals surface area contributed by atoms with E-state index in [-0.39, 0.29) is 12.0 Å². The number of hydrogen-bond acceptors (Lipinski definition) is 2. The van der Waals surface area contributed by atoms with E-state index in [2.05, 4.69) is 5.32 Å². The number of halogens is 2. The van der Waals surface area contributed by atoms with Gasteiger partial charge in [0.2, 0.25) is 0 Å².